The van der Waals surface area contributed by atoms with Gasteiger partial charge < -0.3 is 5.11 Å². The summed E-state index contributed by atoms with van der Waals surface area (Å²) in [5, 5.41) is 11.2. The third-order valence-electron chi connectivity index (χ3n) is 5.42. The summed E-state index contributed by atoms with van der Waals surface area (Å²) >= 11 is 0. The van der Waals surface area contributed by atoms with E-state index in [0.717, 1.165) is 22.8 Å². The van der Waals surface area contributed by atoms with Gasteiger partial charge in [-0.2, -0.15) is 0 Å². The summed E-state index contributed by atoms with van der Waals surface area (Å²) in [7, 11) is 0. The van der Waals surface area contributed by atoms with Crippen molar-refractivity contribution in [3.05, 3.63) is 95.6 Å². The van der Waals surface area contributed by atoms with Gasteiger partial charge >= 0.3 is 5.97 Å². The Bertz CT molecular complexity index is 1200. The van der Waals surface area contributed by atoms with Crippen LogP contribution >= 0.6 is 0 Å². The molecular weight excluding hydrogens is 332 g/mol. The van der Waals surface area contributed by atoms with Crippen LogP contribution in [0.15, 0.2) is 78.9 Å². The first kappa shape index (κ1) is 15.8. The summed E-state index contributed by atoms with van der Waals surface area (Å²) in [5.74, 6) is -0.801. The van der Waals surface area contributed by atoms with Crippen LogP contribution < -0.4 is 0 Å². The van der Waals surface area contributed by atoms with E-state index in [1.165, 1.54) is 33.4 Å². The van der Waals surface area contributed by atoms with E-state index in [-0.39, 0.29) is 6.42 Å². The number of rotatable bonds is 3. The van der Waals surface area contributed by atoms with Gasteiger partial charge in [0.1, 0.15) is 0 Å². The number of carboxylic acids is 1. The molecule has 0 bridgehead atoms. The molecule has 2 heteroatoms. The Hall–Kier alpha value is -3.39. The molecule has 1 N–H and O–H groups in total. The van der Waals surface area contributed by atoms with Crippen LogP contribution in [0.1, 0.15) is 16.7 Å². The molecule has 0 spiro atoms. The third-order valence-corrected chi connectivity index (χ3v) is 5.42. The van der Waals surface area contributed by atoms with Crippen molar-refractivity contribution in [1.82, 2.24) is 0 Å². The van der Waals surface area contributed by atoms with Crippen LogP contribution in [0.2, 0.25) is 0 Å². The Labute approximate surface area is 157 Å². The highest BCUT2D eigenvalue weighted by molar-refractivity contribution is 5.91. The summed E-state index contributed by atoms with van der Waals surface area (Å²) in [6.45, 7) is 0. The minimum atomic E-state index is -0.801. The molecule has 0 radical (unpaired) electrons. The molecule has 4 aromatic rings. The maximum absolute atomic E-state index is 10.9. The summed E-state index contributed by atoms with van der Waals surface area (Å²) in [5.41, 5.74) is 8.77. The number of benzene rings is 4. The number of hydrogen-bond donors (Lipinski definition) is 1. The molecule has 130 valence electrons. The molecule has 27 heavy (non-hydrogen) atoms. The van der Waals surface area contributed by atoms with Gasteiger partial charge in [-0.25, -0.2) is 0 Å². The molecule has 0 aliphatic heterocycles. The Morgan fingerprint density at radius 1 is 0.778 bits per heavy atom. The summed E-state index contributed by atoms with van der Waals surface area (Å²) in [6.07, 6.45) is 1.03. The standard InChI is InChI=1S/C25H18O2/c26-25(27)13-16-8-9-18-14-20(11-10-17(18)12-16)22-6-3-7-23-21-5-2-1-4-19(21)15-24(22)23/h1-12,14H,13,15H2,(H,26,27). The van der Waals surface area contributed by atoms with Gasteiger partial charge in [-0.3, -0.25) is 4.79 Å². The maximum Gasteiger partial charge on any atom is 0.307 e. The van der Waals surface area contributed by atoms with Crippen molar-refractivity contribution in [1.29, 1.82) is 0 Å². The SMILES string of the molecule is O=C(O)Cc1ccc2cc(-c3cccc4c3Cc3ccccc3-4)ccc2c1. The Morgan fingerprint density at radius 2 is 1.52 bits per heavy atom. The van der Waals surface area contributed by atoms with Crippen molar-refractivity contribution >= 4 is 16.7 Å². The van der Waals surface area contributed by atoms with Crippen molar-refractivity contribution in [2.45, 2.75) is 12.8 Å². The van der Waals surface area contributed by atoms with E-state index < -0.39 is 5.97 Å². The lowest BCUT2D eigenvalue weighted by molar-refractivity contribution is -0.136. The van der Waals surface area contributed by atoms with E-state index in [9.17, 15) is 4.79 Å². The van der Waals surface area contributed by atoms with Gasteiger partial charge in [0.15, 0.2) is 0 Å². The van der Waals surface area contributed by atoms with Crippen molar-refractivity contribution in [2.24, 2.45) is 0 Å². The smallest absolute Gasteiger partial charge is 0.307 e. The molecule has 0 fully saturated rings. The highest BCUT2D eigenvalue weighted by atomic mass is 16.4. The highest BCUT2D eigenvalue weighted by Crippen LogP contribution is 2.41. The second kappa shape index (κ2) is 6.10. The van der Waals surface area contributed by atoms with Crippen LogP contribution in [0, 0.1) is 0 Å². The first-order valence-corrected chi connectivity index (χ1v) is 9.14. The molecule has 1 aliphatic rings. The van der Waals surface area contributed by atoms with Gasteiger partial charge in [-0.15, -0.1) is 0 Å². The maximum atomic E-state index is 10.9. The minimum Gasteiger partial charge on any atom is -0.481 e. The third kappa shape index (κ3) is 2.70. The number of fused-ring (bicyclic) bond motifs is 4. The second-order valence-corrected chi connectivity index (χ2v) is 7.13. The van der Waals surface area contributed by atoms with Crippen LogP contribution in [-0.4, -0.2) is 11.1 Å². The Kier molecular flexibility index (Phi) is 3.58. The van der Waals surface area contributed by atoms with Gasteiger partial charge in [-0.05, 0) is 62.2 Å². The predicted octanol–water partition coefficient (Wildman–Crippen LogP) is 5.71. The van der Waals surface area contributed by atoms with E-state index in [1.807, 2.05) is 18.2 Å². The molecular formula is C25H18O2. The largest absolute Gasteiger partial charge is 0.481 e. The quantitative estimate of drug-likeness (QED) is 0.453. The van der Waals surface area contributed by atoms with Gasteiger partial charge in [0, 0.05) is 0 Å². The molecule has 0 atom stereocenters. The van der Waals surface area contributed by atoms with Crippen molar-refractivity contribution < 1.29 is 9.90 Å². The first-order chi connectivity index (χ1) is 13.2. The van der Waals surface area contributed by atoms with Gasteiger partial charge in [-0.1, -0.05) is 72.8 Å². The van der Waals surface area contributed by atoms with Crippen LogP contribution in [0.3, 0.4) is 0 Å². The summed E-state index contributed by atoms with van der Waals surface area (Å²) in [6, 6.07) is 27.5. The highest BCUT2D eigenvalue weighted by Gasteiger charge is 2.20. The van der Waals surface area contributed by atoms with E-state index in [1.54, 1.807) is 0 Å². The monoisotopic (exact) mass is 350 g/mol. The lowest BCUT2D eigenvalue weighted by atomic mass is 9.93. The fourth-order valence-electron chi connectivity index (χ4n) is 4.18. The fourth-order valence-corrected chi connectivity index (χ4v) is 4.18. The zero-order valence-electron chi connectivity index (χ0n) is 14.8. The zero-order valence-corrected chi connectivity index (χ0v) is 14.8. The minimum absolute atomic E-state index is 0.0577. The van der Waals surface area contributed by atoms with Gasteiger partial charge in [0.2, 0.25) is 0 Å². The van der Waals surface area contributed by atoms with Crippen LogP contribution in [-0.2, 0) is 17.6 Å². The lowest BCUT2D eigenvalue weighted by Crippen LogP contribution is -1.99. The van der Waals surface area contributed by atoms with Crippen molar-refractivity contribution in [2.75, 3.05) is 0 Å². The van der Waals surface area contributed by atoms with E-state index >= 15 is 0 Å². The van der Waals surface area contributed by atoms with E-state index in [4.69, 9.17) is 5.11 Å². The number of carboxylic acid groups (broad SMARTS) is 1. The zero-order chi connectivity index (χ0) is 18.4. The molecule has 0 amide bonds. The molecule has 0 aromatic heterocycles. The molecule has 2 nitrogen and oxygen atoms in total. The van der Waals surface area contributed by atoms with E-state index in [2.05, 4.69) is 60.7 Å². The Balaban J connectivity index is 1.60. The fraction of sp³-hybridized carbons (Fsp3) is 0.0800. The molecule has 0 unspecified atom stereocenters. The number of hydrogen-bond acceptors (Lipinski definition) is 1. The average Bonchev–Trinajstić information content (AvgIpc) is 3.06. The normalized spacial score (nSPS) is 12.0. The van der Waals surface area contributed by atoms with Crippen LogP contribution in [0.5, 0.6) is 0 Å². The van der Waals surface area contributed by atoms with Crippen LogP contribution in [0.4, 0.5) is 0 Å². The Morgan fingerprint density at radius 3 is 2.41 bits per heavy atom. The predicted molar refractivity (Wildman–Crippen MR) is 109 cm³/mol. The summed E-state index contributed by atoms with van der Waals surface area (Å²) in [4.78, 5) is 10.9. The first-order valence-electron chi connectivity index (χ1n) is 9.14. The molecule has 5 rings (SSSR count). The number of aliphatic carboxylic acids is 1. The number of carbonyl (C=O) groups is 1. The van der Waals surface area contributed by atoms with Crippen molar-refractivity contribution in [3.63, 3.8) is 0 Å². The van der Waals surface area contributed by atoms with Crippen molar-refractivity contribution in [3.8, 4) is 22.3 Å². The van der Waals surface area contributed by atoms with Crippen LogP contribution in [0.25, 0.3) is 33.0 Å². The molecule has 0 heterocycles. The summed E-state index contributed by atoms with van der Waals surface area (Å²) < 4.78 is 0. The van der Waals surface area contributed by atoms with Gasteiger partial charge in [0.25, 0.3) is 0 Å². The molecule has 1 aliphatic carbocycles. The van der Waals surface area contributed by atoms with Gasteiger partial charge in [0.05, 0.1) is 6.42 Å². The lowest BCUT2D eigenvalue weighted by Gasteiger charge is -2.10. The average molecular weight is 350 g/mol. The molecule has 4 aromatic carbocycles. The second-order valence-electron chi connectivity index (χ2n) is 7.13. The molecule has 0 saturated heterocycles. The van der Waals surface area contributed by atoms with E-state index in [0.29, 0.717) is 0 Å². The molecule has 0 saturated carbocycles. The topological polar surface area (TPSA) is 37.3 Å².